The molecule has 4 nitrogen and oxygen atoms in total. The van der Waals surface area contributed by atoms with E-state index in [-0.39, 0.29) is 19.1 Å². The highest BCUT2D eigenvalue weighted by atomic mass is 16.3. The van der Waals surface area contributed by atoms with E-state index in [0.717, 1.165) is 11.1 Å². The molecule has 0 atom stereocenters. The van der Waals surface area contributed by atoms with Crippen LogP contribution in [0.15, 0.2) is 18.2 Å². The molecule has 1 amide bonds. The smallest absolute Gasteiger partial charge is 0.254 e. The minimum Gasteiger partial charge on any atom is -0.396 e. The molecular weight excluding hydrogens is 266 g/mol. The highest BCUT2D eigenvalue weighted by molar-refractivity contribution is 5.96. The Morgan fingerprint density at radius 3 is 2.67 bits per heavy atom. The zero-order chi connectivity index (χ0) is 15.7. The Balaban J connectivity index is 2.97. The van der Waals surface area contributed by atoms with E-state index in [1.807, 2.05) is 26.0 Å². The quantitative estimate of drug-likeness (QED) is 0.782. The molecule has 0 aliphatic carbocycles. The molecule has 0 radical (unpaired) electrons. The maximum atomic E-state index is 12.5. The van der Waals surface area contributed by atoms with Crippen LogP contribution >= 0.6 is 0 Å². The standard InChI is InChI=1S/C17H23NO3/c1-3-18(10-6-12-20)17(21)16-13-15(7-4-5-11-19)9-8-14(16)2/h8-9,13,19-20H,3,5-6,10-12H2,1-2H3. The van der Waals surface area contributed by atoms with E-state index >= 15 is 0 Å². The largest absolute Gasteiger partial charge is 0.396 e. The van der Waals surface area contributed by atoms with Gasteiger partial charge in [0, 0.05) is 37.2 Å². The molecule has 0 spiro atoms. The third kappa shape index (κ3) is 5.22. The van der Waals surface area contributed by atoms with Gasteiger partial charge in [-0.25, -0.2) is 0 Å². The predicted octanol–water partition coefficient (Wildman–Crippen LogP) is 1.57. The molecule has 0 aliphatic rings. The first-order chi connectivity index (χ1) is 10.1. The van der Waals surface area contributed by atoms with Crippen molar-refractivity contribution in [3.8, 4) is 11.8 Å². The maximum Gasteiger partial charge on any atom is 0.254 e. The van der Waals surface area contributed by atoms with Crippen LogP contribution in [0, 0.1) is 18.8 Å². The normalized spacial score (nSPS) is 9.90. The van der Waals surface area contributed by atoms with Crippen LogP contribution in [0.4, 0.5) is 0 Å². The van der Waals surface area contributed by atoms with Crippen molar-refractivity contribution in [3.05, 3.63) is 34.9 Å². The molecule has 0 unspecified atom stereocenters. The maximum absolute atomic E-state index is 12.5. The third-order valence-corrected chi connectivity index (χ3v) is 3.19. The van der Waals surface area contributed by atoms with E-state index in [2.05, 4.69) is 11.8 Å². The van der Waals surface area contributed by atoms with Gasteiger partial charge in [0.2, 0.25) is 0 Å². The van der Waals surface area contributed by atoms with E-state index in [0.29, 0.717) is 31.5 Å². The summed E-state index contributed by atoms with van der Waals surface area (Å²) in [5.41, 5.74) is 2.33. The van der Waals surface area contributed by atoms with Gasteiger partial charge in [-0.1, -0.05) is 17.9 Å². The van der Waals surface area contributed by atoms with Crippen molar-refractivity contribution in [2.24, 2.45) is 0 Å². The summed E-state index contributed by atoms with van der Waals surface area (Å²) < 4.78 is 0. The van der Waals surface area contributed by atoms with Gasteiger partial charge in [0.25, 0.3) is 5.91 Å². The molecule has 1 aromatic carbocycles. The highest BCUT2D eigenvalue weighted by Crippen LogP contribution is 2.14. The number of hydrogen-bond acceptors (Lipinski definition) is 3. The molecule has 0 fully saturated rings. The van der Waals surface area contributed by atoms with E-state index in [9.17, 15) is 4.79 Å². The Kier molecular flexibility index (Phi) is 7.52. The lowest BCUT2D eigenvalue weighted by atomic mass is 10.0. The highest BCUT2D eigenvalue weighted by Gasteiger charge is 2.16. The molecule has 0 saturated heterocycles. The molecule has 2 N–H and O–H groups in total. The summed E-state index contributed by atoms with van der Waals surface area (Å²) in [6.07, 6.45) is 1.00. The summed E-state index contributed by atoms with van der Waals surface area (Å²) in [5.74, 6) is 5.77. The van der Waals surface area contributed by atoms with Gasteiger partial charge in [-0.05, 0) is 38.0 Å². The topological polar surface area (TPSA) is 60.8 Å². The van der Waals surface area contributed by atoms with Gasteiger partial charge in [0.05, 0.1) is 6.61 Å². The molecule has 0 aliphatic heterocycles. The number of nitrogens with zero attached hydrogens (tertiary/aromatic N) is 1. The van der Waals surface area contributed by atoms with Crippen molar-refractivity contribution in [1.82, 2.24) is 4.90 Å². The molecule has 114 valence electrons. The van der Waals surface area contributed by atoms with Crippen LogP contribution in [0.25, 0.3) is 0 Å². The second-order valence-corrected chi connectivity index (χ2v) is 4.77. The lowest BCUT2D eigenvalue weighted by Crippen LogP contribution is -2.32. The first kappa shape index (κ1) is 17.2. The Labute approximate surface area is 126 Å². The van der Waals surface area contributed by atoms with Crippen molar-refractivity contribution in [2.45, 2.75) is 26.7 Å². The van der Waals surface area contributed by atoms with Gasteiger partial charge in [0.1, 0.15) is 0 Å². The summed E-state index contributed by atoms with van der Waals surface area (Å²) in [4.78, 5) is 14.3. The number of carbonyl (C=O) groups excluding carboxylic acids is 1. The third-order valence-electron chi connectivity index (χ3n) is 3.19. The van der Waals surface area contributed by atoms with Crippen LogP contribution in [-0.2, 0) is 0 Å². The van der Waals surface area contributed by atoms with Crippen molar-refractivity contribution < 1.29 is 15.0 Å². The molecule has 0 aromatic heterocycles. The second-order valence-electron chi connectivity index (χ2n) is 4.77. The van der Waals surface area contributed by atoms with Gasteiger partial charge >= 0.3 is 0 Å². The van der Waals surface area contributed by atoms with Crippen molar-refractivity contribution >= 4 is 5.91 Å². The fraction of sp³-hybridized carbons (Fsp3) is 0.471. The zero-order valence-corrected chi connectivity index (χ0v) is 12.7. The van der Waals surface area contributed by atoms with E-state index < -0.39 is 0 Å². The van der Waals surface area contributed by atoms with Crippen molar-refractivity contribution in [1.29, 1.82) is 0 Å². The molecule has 1 aromatic rings. The van der Waals surface area contributed by atoms with E-state index in [1.165, 1.54) is 0 Å². The summed E-state index contributed by atoms with van der Waals surface area (Å²) in [5, 5.41) is 17.6. The molecule has 1 rings (SSSR count). The monoisotopic (exact) mass is 289 g/mol. The van der Waals surface area contributed by atoms with Crippen LogP contribution in [0.1, 0.15) is 41.3 Å². The Morgan fingerprint density at radius 2 is 2.05 bits per heavy atom. The van der Waals surface area contributed by atoms with Crippen LogP contribution < -0.4 is 0 Å². The first-order valence-electron chi connectivity index (χ1n) is 7.24. The molecule has 0 saturated carbocycles. The average molecular weight is 289 g/mol. The van der Waals surface area contributed by atoms with Gasteiger partial charge in [0.15, 0.2) is 0 Å². The van der Waals surface area contributed by atoms with Crippen LogP contribution in [0.2, 0.25) is 0 Å². The fourth-order valence-electron chi connectivity index (χ4n) is 1.99. The number of hydrogen-bond donors (Lipinski definition) is 2. The Morgan fingerprint density at radius 1 is 1.29 bits per heavy atom. The minimum absolute atomic E-state index is 0.0331. The lowest BCUT2D eigenvalue weighted by molar-refractivity contribution is 0.0753. The van der Waals surface area contributed by atoms with Gasteiger partial charge < -0.3 is 15.1 Å². The van der Waals surface area contributed by atoms with Crippen LogP contribution in [-0.4, -0.2) is 47.3 Å². The fourth-order valence-corrected chi connectivity index (χ4v) is 1.99. The second kappa shape index (κ2) is 9.17. The molecule has 21 heavy (non-hydrogen) atoms. The number of aryl methyl sites for hydroxylation is 1. The summed E-state index contributed by atoms with van der Waals surface area (Å²) in [7, 11) is 0. The average Bonchev–Trinajstić information content (AvgIpc) is 2.49. The molecule has 0 heterocycles. The van der Waals surface area contributed by atoms with Crippen molar-refractivity contribution in [3.63, 3.8) is 0 Å². The first-order valence-corrected chi connectivity index (χ1v) is 7.24. The lowest BCUT2D eigenvalue weighted by Gasteiger charge is -2.21. The number of aliphatic hydroxyl groups excluding tert-OH is 2. The zero-order valence-electron chi connectivity index (χ0n) is 12.7. The number of benzene rings is 1. The minimum atomic E-state index is -0.0331. The summed E-state index contributed by atoms with van der Waals surface area (Å²) in [6.45, 7) is 5.10. The number of rotatable bonds is 6. The molecule has 4 heteroatoms. The molecular formula is C17H23NO3. The van der Waals surface area contributed by atoms with Gasteiger partial charge in [-0.15, -0.1) is 0 Å². The van der Waals surface area contributed by atoms with Crippen molar-refractivity contribution in [2.75, 3.05) is 26.3 Å². The predicted molar refractivity (Wildman–Crippen MR) is 83.0 cm³/mol. The van der Waals surface area contributed by atoms with E-state index in [4.69, 9.17) is 10.2 Å². The van der Waals surface area contributed by atoms with Crippen LogP contribution in [0.3, 0.4) is 0 Å². The summed E-state index contributed by atoms with van der Waals surface area (Å²) in [6, 6.07) is 5.56. The van der Waals surface area contributed by atoms with Gasteiger partial charge in [-0.2, -0.15) is 0 Å². The van der Waals surface area contributed by atoms with Gasteiger partial charge in [-0.3, -0.25) is 4.79 Å². The van der Waals surface area contributed by atoms with E-state index in [1.54, 1.807) is 11.0 Å². The van der Waals surface area contributed by atoms with Crippen LogP contribution in [0.5, 0.6) is 0 Å². The number of carbonyl (C=O) groups is 1. The number of amides is 1. The number of aliphatic hydroxyl groups is 2. The summed E-state index contributed by atoms with van der Waals surface area (Å²) >= 11 is 0. The Bertz CT molecular complexity index is 529. The molecule has 0 bridgehead atoms. The Hall–Kier alpha value is -1.83. The SMILES string of the molecule is CCN(CCCO)C(=O)c1cc(C#CCCO)ccc1C.